The van der Waals surface area contributed by atoms with Crippen LogP contribution in [0.5, 0.6) is 0 Å². The Balaban J connectivity index is 1.26. The minimum atomic E-state index is -0.132. The average Bonchev–Trinajstić information content (AvgIpc) is 3.82. The fraction of sp³-hybridized carbons (Fsp3) is 0.148. The Morgan fingerprint density at radius 2 is 1.19 bits per heavy atom. The quantitative estimate of drug-likeness (QED) is 0.190. The number of benzene rings is 7. The first-order chi connectivity index (χ1) is 28.0. The summed E-state index contributed by atoms with van der Waals surface area (Å²) in [5.41, 5.74) is 16.6. The van der Waals surface area contributed by atoms with Crippen LogP contribution in [0.1, 0.15) is 52.7 Å². The predicted molar refractivity (Wildman–Crippen MR) is 245 cm³/mol. The predicted octanol–water partition coefficient (Wildman–Crippen LogP) is 14.5. The van der Waals surface area contributed by atoms with E-state index in [-0.39, 0.29) is 10.8 Å². The molecule has 3 aromatic heterocycles. The van der Waals surface area contributed by atoms with Gasteiger partial charge < -0.3 is 4.98 Å². The Kier molecular flexibility index (Phi) is 8.24. The Labute approximate surface area is 339 Å². The normalized spacial score (nSPS) is 12.3. The molecule has 4 heteroatoms. The average molecular weight is 751 g/mol. The van der Waals surface area contributed by atoms with Crippen LogP contribution in [-0.4, -0.2) is 19.5 Å². The Hall–Kier alpha value is -6.78. The number of aromatic amines is 1. The van der Waals surface area contributed by atoms with Gasteiger partial charge in [0.05, 0.1) is 22.1 Å². The van der Waals surface area contributed by atoms with Crippen molar-refractivity contribution in [3.63, 3.8) is 0 Å². The van der Waals surface area contributed by atoms with Crippen LogP contribution in [0.4, 0.5) is 0 Å². The van der Waals surface area contributed by atoms with Crippen LogP contribution >= 0.6 is 0 Å². The molecule has 0 aliphatic carbocycles. The molecule has 4 nitrogen and oxygen atoms in total. The number of imidazole rings is 1. The fourth-order valence-electron chi connectivity index (χ4n) is 8.53. The van der Waals surface area contributed by atoms with Crippen molar-refractivity contribution in [3.05, 3.63) is 175 Å². The number of fused-ring (bicyclic) bond motifs is 5. The summed E-state index contributed by atoms with van der Waals surface area (Å²) < 4.78 is 2.36. The van der Waals surface area contributed by atoms with Gasteiger partial charge >= 0.3 is 0 Å². The van der Waals surface area contributed by atoms with Crippen molar-refractivity contribution < 1.29 is 0 Å². The highest BCUT2D eigenvalue weighted by molar-refractivity contribution is 6.13. The molecule has 0 unspecified atom stereocenters. The third kappa shape index (κ3) is 6.08. The second-order valence-electron chi connectivity index (χ2n) is 17.7. The van der Waals surface area contributed by atoms with E-state index in [0.29, 0.717) is 0 Å². The van der Waals surface area contributed by atoms with Crippen LogP contribution in [0.3, 0.4) is 0 Å². The lowest BCUT2D eigenvalue weighted by Crippen LogP contribution is -2.12. The number of hydrogen-bond acceptors (Lipinski definition) is 2. The molecule has 0 aliphatic heterocycles. The number of hydrogen-bond donors (Lipinski definition) is 1. The van der Waals surface area contributed by atoms with Gasteiger partial charge in [-0.15, -0.1) is 0 Å². The molecule has 0 radical (unpaired) electrons. The maximum atomic E-state index is 5.69. The lowest BCUT2D eigenvalue weighted by Gasteiger charge is -2.22. The van der Waals surface area contributed by atoms with E-state index in [1.165, 1.54) is 33.0 Å². The van der Waals surface area contributed by atoms with Crippen molar-refractivity contribution in [1.29, 1.82) is 0 Å². The number of rotatable bonds is 5. The second-order valence-corrected chi connectivity index (χ2v) is 17.7. The van der Waals surface area contributed by atoms with Gasteiger partial charge in [0.2, 0.25) is 0 Å². The van der Waals surface area contributed by atoms with E-state index in [1.54, 1.807) is 0 Å². The monoisotopic (exact) mass is 750 g/mol. The van der Waals surface area contributed by atoms with Crippen LogP contribution in [-0.2, 0) is 10.8 Å². The van der Waals surface area contributed by atoms with E-state index < -0.39 is 0 Å². The zero-order valence-electron chi connectivity index (χ0n) is 33.9. The van der Waals surface area contributed by atoms with Gasteiger partial charge in [0.1, 0.15) is 5.82 Å². The third-order valence-corrected chi connectivity index (χ3v) is 11.7. The first-order valence-corrected chi connectivity index (χ1v) is 20.2. The Bertz CT molecular complexity index is 3170. The van der Waals surface area contributed by atoms with Crippen molar-refractivity contribution in [2.45, 2.75) is 52.4 Å². The summed E-state index contributed by atoms with van der Waals surface area (Å²) in [4.78, 5) is 14.4. The SMILES string of the molecule is CC(C)(C)c1ccc(-n2c(-c3cc(-c4cc(-c5ccccc5)cc5cccnc45)cc(C(C)(C)C)c3)nc3c(-c4cccc5c4[nH]c4ccccc45)cccc32)cc1. The number of aromatic nitrogens is 4. The van der Waals surface area contributed by atoms with E-state index in [9.17, 15) is 0 Å². The molecular weight excluding hydrogens is 705 g/mol. The molecule has 0 aliphatic rings. The summed E-state index contributed by atoms with van der Waals surface area (Å²) >= 11 is 0. The van der Waals surface area contributed by atoms with Gasteiger partial charge in [0.15, 0.2) is 0 Å². The zero-order chi connectivity index (χ0) is 39.8. The van der Waals surface area contributed by atoms with Gasteiger partial charge in [0.25, 0.3) is 0 Å². The van der Waals surface area contributed by atoms with Crippen molar-refractivity contribution in [2.75, 3.05) is 0 Å². The number of pyridine rings is 1. The fourth-order valence-corrected chi connectivity index (χ4v) is 8.53. The van der Waals surface area contributed by atoms with Gasteiger partial charge in [-0.1, -0.05) is 145 Å². The number of nitrogens with one attached hydrogen (secondary N) is 1. The molecule has 0 spiro atoms. The molecule has 10 rings (SSSR count). The maximum absolute atomic E-state index is 5.69. The van der Waals surface area contributed by atoms with E-state index in [0.717, 1.165) is 72.3 Å². The molecule has 0 saturated heterocycles. The van der Waals surface area contributed by atoms with E-state index in [4.69, 9.17) is 9.97 Å². The van der Waals surface area contributed by atoms with Crippen molar-refractivity contribution in [3.8, 4) is 50.5 Å². The summed E-state index contributed by atoms with van der Waals surface area (Å²) in [6.45, 7) is 13.7. The molecule has 0 fully saturated rings. The highest BCUT2D eigenvalue weighted by atomic mass is 15.1. The Morgan fingerprint density at radius 3 is 1.98 bits per heavy atom. The molecule has 0 atom stereocenters. The van der Waals surface area contributed by atoms with Gasteiger partial charge in [-0.25, -0.2) is 4.98 Å². The topological polar surface area (TPSA) is 46.5 Å². The third-order valence-electron chi connectivity index (χ3n) is 11.7. The van der Waals surface area contributed by atoms with Crippen molar-refractivity contribution in [1.82, 2.24) is 19.5 Å². The van der Waals surface area contributed by atoms with E-state index >= 15 is 0 Å². The summed E-state index contributed by atoms with van der Waals surface area (Å²) in [6, 6.07) is 57.2. The van der Waals surface area contributed by atoms with Crippen LogP contribution in [0.2, 0.25) is 0 Å². The van der Waals surface area contributed by atoms with Crippen LogP contribution in [0.25, 0.3) is 94.2 Å². The molecule has 58 heavy (non-hydrogen) atoms. The lowest BCUT2D eigenvalue weighted by atomic mass is 9.83. The molecule has 7 aromatic carbocycles. The highest BCUT2D eigenvalue weighted by Gasteiger charge is 2.24. The minimum absolute atomic E-state index is 0.0326. The molecule has 10 aromatic rings. The summed E-state index contributed by atoms with van der Waals surface area (Å²) in [6.07, 6.45) is 1.90. The van der Waals surface area contributed by atoms with Crippen molar-refractivity contribution >= 4 is 43.7 Å². The first kappa shape index (κ1) is 35.6. The molecule has 1 N–H and O–H groups in total. The summed E-state index contributed by atoms with van der Waals surface area (Å²) in [5, 5.41) is 3.55. The molecular formula is C54H46N4. The zero-order valence-corrected chi connectivity index (χ0v) is 33.9. The molecule has 0 saturated carbocycles. The largest absolute Gasteiger partial charge is 0.354 e. The molecule has 0 amide bonds. The number of H-pyrrole nitrogens is 1. The van der Waals surface area contributed by atoms with E-state index in [2.05, 4.69) is 203 Å². The molecule has 3 heterocycles. The van der Waals surface area contributed by atoms with Crippen LogP contribution in [0, 0.1) is 0 Å². The van der Waals surface area contributed by atoms with Gasteiger partial charge in [-0.2, -0.15) is 0 Å². The van der Waals surface area contributed by atoms with Gasteiger partial charge in [-0.3, -0.25) is 9.55 Å². The molecule has 0 bridgehead atoms. The Morgan fingerprint density at radius 1 is 0.483 bits per heavy atom. The number of para-hydroxylation sites is 3. The number of nitrogens with zero attached hydrogens (tertiary/aromatic N) is 3. The van der Waals surface area contributed by atoms with Crippen molar-refractivity contribution in [2.24, 2.45) is 0 Å². The highest BCUT2D eigenvalue weighted by Crippen LogP contribution is 2.42. The maximum Gasteiger partial charge on any atom is 0.145 e. The summed E-state index contributed by atoms with van der Waals surface area (Å²) in [7, 11) is 0. The van der Waals surface area contributed by atoms with Crippen LogP contribution < -0.4 is 0 Å². The second kappa shape index (κ2) is 13.4. The first-order valence-electron chi connectivity index (χ1n) is 20.2. The van der Waals surface area contributed by atoms with E-state index in [1.807, 2.05) is 12.3 Å². The van der Waals surface area contributed by atoms with Crippen LogP contribution in [0.15, 0.2) is 164 Å². The smallest absolute Gasteiger partial charge is 0.145 e. The minimum Gasteiger partial charge on any atom is -0.354 e. The molecule has 282 valence electrons. The van der Waals surface area contributed by atoms with Gasteiger partial charge in [0, 0.05) is 55.8 Å². The van der Waals surface area contributed by atoms with Gasteiger partial charge in [-0.05, 0) is 93.2 Å². The lowest BCUT2D eigenvalue weighted by molar-refractivity contribution is 0.590. The summed E-state index contributed by atoms with van der Waals surface area (Å²) in [5.74, 6) is 0.901. The standard InChI is InChI=1S/C54H46N4/c1-53(2,3)39-24-26-41(27-25-39)58-48-23-13-21-45(44-20-12-19-43-42-18-10-11-22-47(42)56-50(43)44)51(48)57-52(58)38-30-37(31-40(32-38)54(4,5)6)46-33-36(34-15-8-7-9-16-34)29-35-17-14-28-55-49(35)46/h7-33,56H,1-6H3.